The van der Waals surface area contributed by atoms with Crippen LogP contribution in [0.3, 0.4) is 0 Å². The molecule has 4 heteroatoms. The van der Waals surface area contributed by atoms with Crippen LogP contribution in [0.25, 0.3) is 0 Å². The highest BCUT2D eigenvalue weighted by Gasteiger charge is 2.28. The second-order valence-electron chi connectivity index (χ2n) is 7.35. The quantitative estimate of drug-likeness (QED) is 0.858. The topological polar surface area (TPSA) is 28.2 Å². The Morgan fingerprint density at radius 1 is 1.43 bits per heavy atom. The lowest BCUT2D eigenvalue weighted by molar-refractivity contribution is 0.291. The van der Waals surface area contributed by atoms with Crippen LogP contribution < -0.4 is 10.2 Å². The number of aromatic nitrogens is 1. The zero-order valence-electron chi connectivity index (χ0n) is 13.7. The molecule has 0 radical (unpaired) electrons. The number of pyridine rings is 1. The lowest BCUT2D eigenvalue weighted by Crippen LogP contribution is -2.41. The van der Waals surface area contributed by atoms with Crippen LogP contribution >= 0.6 is 15.9 Å². The van der Waals surface area contributed by atoms with Crippen LogP contribution in [0, 0.1) is 11.3 Å². The van der Waals surface area contributed by atoms with E-state index in [1.54, 1.807) is 0 Å². The molecule has 2 rings (SSSR count). The van der Waals surface area contributed by atoms with Gasteiger partial charge in [0.25, 0.3) is 0 Å². The van der Waals surface area contributed by atoms with Crippen molar-refractivity contribution in [1.29, 1.82) is 0 Å². The molecule has 0 unspecified atom stereocenters. The van der Waals surface area contributed by atoms with Gasteiger partial charge >= 0.3 is 0 Å². The number of rotatable bonds is 5. The number of anilines is 1. The number of halogens is 1. The smallest absolute Gasteiger partial charge is 0.133 e. The third-order valence-electron chi connectivity index (χ3n) is 3.98. The lowest BCUT2D eigenvalue weighted by atomic mass is 9.84. The molecule has 0 aliphatic carbocycles. The van der Waals surface area contributed by atoms with Crippen LogP contribution in [0.5, 0.6) is 0 Å². The highest BCUT2D eigenvalue weighted by atomic mass is 79.9. The molecule has 0 atom stereocenters. The molecule has 3 nitrogen and oxygen atoms in total. The maximum absolute atomic E-state index is 4.70. The molecule has 1 saturated heterocycles. The molecule has 1 aromatic rings. The summed E-state index contributed by atoms with van der Waals surface area (Å²) in [4.78, 5) is 7.16. The number of nitrogens with one attached hydrogen (secondary N) is 1. The SMILES string of the molecule is CC(C)CNCc1cc(Br)cnc1N1CCCC(C)(C)C1. The number of hydrogen-bond acceptors (Lipinski definition) is 3. The summed E-state index contributed by atoms with van der Waals surface area (Å²) >= 11 is 3.55. The molecule has 1 fully saturated rings. The van der Waals surface area contributed by atoms with E-state index in [4.69, 9.17) is 4.98 Å². The molecule has 0 aromatic carbocycles. The van der Waals surface area contributed by atoms with Crippen molar-refractivity contribution in [2.75, 3.05) is 24.5 Å². The fourth-order valence-corrected chi connectivity index (χ4v) is 3.37. The van der Waals surface area contributed by atoms with Crippen LogP contribution in [0.2, 0.25) is 0 Å². The summed E-state index contributed by atoms with van der Waals surface area (Å²) in [7, 11) is 0. The second kappa shape index (κ2) is 7.10. The van der Waals surface area contributed by atoms with Gasteiger partial charge in [0.2, 0.25) is 0 Å². The molecule has 1 aromatic heterocycles. The first-order chi connectivity index (χ1) is 9.87. The van der Waals surface area contributed by atoms with Gasteiger partial charge in [-0.05, 0) is 52.7 Å². The van der Waals surface area contributed by atoms with Crippen LogP contribution in [-0.2, 0) is 6.54 Å². The van der Waals surface area contributed by atoms with Crippen LogP contribution in [-0.4, -0.2) is 24.6 Å². The van der Waals surface area contributed by atoms with Gasteiger partial charge in [-0.25, -0.2) is 4.98 Å². The molecule has 118 valence electrons. The first-order valence-electron chi connectivity index (χ1n) is 7.97. The molecular weight excluding hydrogens is 326 g/mol. The Balaban J connectivity index is 2.14. The standard InChI is InChI=1S/C17H28BrN3/c1-13(2)9-19-10-14-8-15(18)11-20-16(14)21-7-5-6-17(3,4)12-21/h8,11,13,19H,5-7,9-10,12H2,1-4H3. The molecule has 0 spiro atoms. The van der Waals surface area contributed by atoms with Gasteiger partial charge in [-0.1, -0.05) is 27.7 Å². The van der Waals surface area contributed by atoms with E-state index in [9.17, 15) is 0 Å². The lowest BCUT2D eigenvalue weighted by Gasteiger charge is -2.39. The van der Waals surface area contributed by atoms with E-state index in [2.05, 4.69) is 59.9 Å². The van der Waals surface area contributed by atoms with Crippen LogP contribution in [0.1, 0.15) is 46.1 Å². The Morgan fingerprint density at radius 3 is 2.86 bits per heavy atom. The molecule has 1 aliphatic rings. The summed E-state index contributed by atoms with van der Waals surface area (Å²) in [5.41, 5.74) is 1.68. The highest BCUT2D eigenvalue weighted by molar-refractivity contribution is 9.10. The fraction of sp³-hybridized carbons (Fsp3) is 0.706. The molecule has 0 bridgehead atoms. The summed E-state index contributed by atoms with van der Waals surface area (Å²) < 4.78 is 1.06. The normalized spacial score (nSPS) is 18.3. The first kappa shape index (κ1) is 16.8. The van der Waals surface area contributed by atoms with E-state index in [0.29, 0.717) is 11.3 Å². The highest BCUT2D eigenvalue weighted by Crippen LogP contribution is 2.32. The molecule has 1 N–H and O–H groups in total. The Morgan fingerprint density at radius 2 is 2.19 bits per heavy atom. The molecule has 0 saturated carbocycles. The average Bonchev–Trinajstić information content (AvgIpc) is 2.37. The van der Waals surface area contributed by atoms with E-state index >= 15 is 0 Å². The Bertz CT molecular complexity index is 471. The molecule has 1 aliphatic heterocycles. The maximum Gasteiger partial charge on any atom is 0.133 e. The Kier molecular flexibility index (Phi) is 5.67. The van der Waals surface area contributed by atoms with E-state index in [-0.39, 0.29) is 0 Å². The van der Waals surface area contributed by atoms with Crippen molar-refractivity contribution in [1.82, 2.24) is 10.3 Å². The predicted molar refractivity (Wildman–Crippen MR) is 93.7 cm³/mol. The summed E-state index contributed by atoms with van der Waals surface area (Å²) in [5, 5.41) is 3.54. The zero-order chi connectivity index (χ0) is 15.5. The van der Waals surface area contributed by atoms with Gasteiger partial charge in [0, 0.05) is 35.9 Å². The van der Waals surface area contributed by atoms with Crippen LogP contribution in [0.15, 0.2) is 16.7 Å². The first-order valence-corrected chi connectivity index (χ1v) is 8.77. The van der Waals surface area contributed by atoms with Gasteiger partial charge in [-0.15, -0.1) is 0 Å². The van der Waals surface area contributed by atoms with Gasteiger partial charge < -0.3 is 10.2 Å². The summed E-state index contributed by atoms with van der Waals surface area (Å²) in [6.45, 7) is 13.3. The Labute approximate surface area is 137 Å². The van der Waals surface area contributed by atoms with E-state index in [1.165, 1.54) is 18.4 Å². The number of hydrogen-bond donors (Lipinski definition) is 1. The second-order valence-corrected chi connectivity index (χ2v) is 8.27. The van der Waals surface area contributed by atoms with Crippen molar-refractivity contribution in [3.63, 3.8) is 0 Å². The third kappa shape index (κ3) is 4.96. The van der Waals surface area contributed by atoms with Crippen LogP contribution in [0.4, 0.5) is 5.82 Å². The maximum atomic E-state index is 4.70. The Hall–Kier alpha value is -0.610. The summed E-state index contributed by atoms with van der Waals surface area (Å²) in [5.74, 6) is 1.82. The predicted octanol–water partition coefficient (Wildman–Crippen LogP) is 4.22. The van der Waals surface area contributed by atoms with Crippen molar-refractivity contribution >= 4 is 21.7 Å². The zero-order valence-corrected chi connectivity index (χ0v) is 15.3. The minimum absolute atomic E-state index is 0.385. The van der Waals surface area contributed by atoms with Crippen molar-refractivity contribution in [2.45, 2.75) is 47.1 Å². The largest absolute Gasteiger partial charge is 0.356 e. The fourth-order valence-electron chi connectivity index (χ4n) is 2.99. The van der Waals surface area contributed by atoms with Crippen molar-refractivity contribution in [2.24, 2.45) is 11.3 Å². The van der Waals surface area contributed by atoms with Crippen molar-refractivity contribution in [3.05, 3.63) is 22.3 Å². The minimum Gasteiger partial charge on any atom is -0.356 e. The number of piperidine rings is 1. The molecular formula is C17H28BrN3. The average molecular weight is 354 g/mol. The van der Waals surface area contributed by atoms with Gasteiger partial charge in [0.1, 0.15) is 5.82 Å². The summed E-state index contributed by atoms with van der Waals surface area (Å²) in [6, 6.07) is 2.21. The van der Waals surface area contributed by atoms with Gasteiger partial charge in [0.15, 0.2) is 0 Å². The van der Waals surface area contributed by atoms with E-state index < -0.39 is 0 Å². The van der Waals surface area contributed by atoms with E-state index in [1.807, 2.05) is 6.20 Å². The minimum atomic E-state index is 0.385. The molecule has 0 amide bonds. The van der Waals surface area contributed by atoms with Gasteiger partial charge in [-0.3, -0.25) is 0 Å². The van der Waals surface area contributed by atoms with Gasteiger partial charge in [-0.2, -0.15) is 0 Å². The monoisotopic (exact) mass is 353 g/mol. The van der Waals surface area contributed by atoms with Crippen molar-refractivity contribution in [3.8, 4) is 0 Å². The third-order valence-corrected chi connectivity index (χ3v) is 4.41. The summed E-state index contributed by atoms with van der Waals surface area (Å²) in [6.07, 6.45) is 4.48. The molecule has 21 heavy (non-hydrogen) atoms. The van der Waals surface area contributed by atoms with Crippen molar-refractivity contribution < 1.29 is 0 Å². The molecule has 2 heterocycles. The number of nitrogens with zero attached hydrogens (tertiary/aromatic N) is 2. The van der Waals surface area contributed by atoms with Gasteiger partial charge in [0.05, 0.1) is 0 Å². The van der Waals surface area contributed by atoms with E-state index in [0.717, 1.165) is 36.5 Å².